The Morgan fingerprint density at radius 3 is 2.60 bits per heavy atom. The van der Waals surface area contributed by atoms with E-state index in [0.717, 1.165) is 37.9 Å². The number of rotatable bonds is 7. The number of benzene rings is 1. The smallest absolute Gasteiger partial charge is 0.228 e. The van der Waals surface area contributed by atoms with E-state index in [1.54, 1.807) is 19.4 Å². The summed E-state index contributed by atoms with van der Waals surface area (Å²) < 4.78 is 5.20. The van der Waals surface area contributed by atoms with E-state index in [-0.39, 0.29) is 0 Å². The van der Waals surface area contributed by atoms with Crippen molar-refractivity contribution in [1.82, 2.24) is 14.9 Å². The van der Waals surface area contributed by atoms with Crippen molar-refractivity contribution in [2.45, 2.75) is 24.3 Å². The molecule has 1 aromatic heterocycles. The van der Waals surface area contributed by atoms with Crippen molar-refractivity contribution in [2.75, 3.05) is 43.9 Å². The molecule has 5 nitrogen and oxygen atoms in total. The van der Waals surface area contributed by atoms with Crippen LogP contribution in [0.25, 0.3) is 0 Å². The van der Waals surface area contributed by atoms with Crippen molar-refractivity contribution in [3.63, 3.8) is 0 Å². The Kier molecular flexibility index (Phi) is 6.53. The molecule has 0 amide bonds. The van der Waals surface area contributed by atoms with Gasteiger partial charge in [-0.15, -0.1) is 11.8 Å². The van der Waals surface area contributed by atoms with Gasteiger partial charge in [0.1, 0.15) is 0 Å². The zero-order chi connectivity index (χ0) is 17.5. The van der Waals surface area contributed by atoms with Gasteiger partial charge in [0.2, 0.25) is 11.8 Å². The molecule has 0 bridgehead atoms. The van der Waals surface area contributed by atoms with E-state index in [1.807, 2.05) is 11.8 Å². The summed E-state index contributed by atoms with van der Waals surface area (Å²) in [5.74, 6) is 2.55. The summed E-state index contributed by atoms with van der Waals surface area (Å²) in [6.07, 6.45) is 2.96. The minimum absolute atomic E-state index is 0.601. The lowest BCUT2D eigenvalue weighted by atomic mass is 10.2. The second kappa shape index (κ2) is 9.06. The van der Waals surface area contributed by atoms with Gasteiger partial charge in [0.15, 0.2) is 0 Å². The van der Waals surface area contributed by atoms with Crippen LogP contribution in [0.2, 0.25) is 0 Å². The molecule has 2 aromatic rings. The van der Waals surface area contributed by atoms with Crippen LogP contribution in [-0.2, 0) is 0 Å². The molecule has 6 heteroatoms. The molecule has 1 aliphatic rings. The number of nitrogens with zero attached hydrogens (tertiary/aromatic N) is 4. The molecule has 1 unspecified atom stereocenters. The summed E-state index contributed by atoms with van der Waals surface area (Å²) in [5.41, 5.74) is 0. The van der Waals surface area contributed by atoms with Gasteiger partial charge in [-0.3, -0.25) is 4.90 Å². The summed E-state index contributed by atoms with van der Waals surface area (Å²) in [6, 6.07) is 13.0. The Morgan fingerprint density at radius 1 is 1.12 bits per heavy atom. The highest BCUT2D eigenvalue weighted by Gasteiger charge is 2.22. The Bertz CT molecular complexity index is 647. The minimum Gasteiger partial charge on any atom is -0.481 e. The Balaban J connectivity index is 1.43. The van der Waals surface area contributed by atoms with Crippen LogP contribution in [0.1, 0.15) is 13.3 Å². The molecule has 0 radical (unpaired) electrons. The maximum absolute atomic E-state index is 5.20. The lowest BCUT2D eigenvalue weighted by molar-refractivity contribution is 0.193. The van der Waals surface area contributed by atoms with Gasteiger partial charge in [-0.05, 0) is 31.2 Å². The topological polar surface area (TPSA) is 41.5 Å². The predicted octanol–water partition coefficient (Wildman–Crippen LogP) is 3.18. The Morgan fingerprint density at radius 2 is 1.88 bits per heavy atom. The number of piperazine rings is 1. The van der Waals surface area contributed by atoms with E-state index in [4.69, 9.17) is 4.74 Å². The summed E-state index contributed by atoms with van der Waals surface area (Å²) in [6.45, 7) is 6.37. The highest BCUT2D eigenvalue weighted by atomic mass is 32.2. The van der Waals surface area contributed by atoms with Crippen molar-refractivity contribution in [1.29, 1.82) is 0 Å². The second-order valence-electron chi connectivity index (χ2n) is 6.22. The van der Waals surface area contributed by atoms with Crippen LogP contribution >= 0.6 is 11.8 Å². The third-order valence-electron chi connectivity index (χ3n) is 4.59. The van der Waals surface area contributed by atoms with Crippen LogP contribution in [0.15, 0.2) is 47.5 Å². The molecule has 1 aromatic carbocycles. The fraction of sp³-hybridized carbons (Fsp3) is 0.474. The van der Waals surface area contributed by atoms with Crippen molar-refractivity contribution in [3.8, 4) is 5.88 Å². The van der Waals surface area contributed by atoms with Crippen molar-refractivity contribution < 1.29 is 4.74 Å². The number of ether oxygens (including phenoxy) is 1. The van der Waals surface area contributed by atoms with Gasteiger partial charge in [-0.1, -0.05) is 18.2 Å². The third-order valence-corrected chi connectivity index (χ3v) is 5.64. The Labute approximate surface area is 154 Å². The first kappa shape index (κ1) is 18.0. The second-order valence-corrected chi connectivity index (χ2v) is 7.39. The minimum atomic E-state index is 0.601. The molecule has 0 spiro atoms. The zero-order valence-corrected chi connectivity index (χ0v) is 15.8. The normalized spacial score (nSPS) is 16.6. The summed E-state index contributed by atoms with van der Waals surface area (Å²) >= 11 is 1.94. The van der Waals surface area contributed by atoms with E-state index in [1.165, 1.54) is 11.3 Å². The molecule has 1 fully saturated rings. The average Bonchev–Trinajstić information content (AvgIpc) is 2.69. The summed E-state index contributed by atoms with van der Waals surface area (Å²) in [7, 11) is 1.64. The van der Waals surface area contributed by atoms with Crippen LogP contribution in [0.4, 0.5) is 5.95 Å². The first-order valence-corrected chi connectivity index (χ1v) is 9.78. The zero-order valence-electron chi connectivity index (χ0n) is 15.0. The molecule has 134 valence electrons. The fourth-order valence-corrected chi connectivity index (χ4v) is 4.05. The van der Waals surface area contributed by atoms with Gasteiger partial charge in [0.25, 0.3) is 0 Å². The first-order chi connectivity index (χ1) is 12.3. The molecule has 0 N–H and O–H groups in total. The predicted molar refractivity (Wildman–Crippen MR) is 104 cm³/mol. The highest BCUT2D eigenvalue weighted by Crippen LogP contribution is 2.21. The van der Waals surface area contributed by atoms with Crippen LogP contribution in [-0.4, -0.2) is 60.0 Å². The van der Waals surface area contributed by atoms with Crippen LogP contribution < -0.4 is 9.64 Å². The maximum atomic E-state index is 5.20. The summed E-state index contributed by atoms with van der Waals surface area (Å²) in [5, 5.41) is 0. The lowest BCUT2D eigenvalue weighted by Crippen LogP contribution is -2.50. The van der Waals surface area contributed by atoms with Crippen molar-refractivity contribution in [2.24, 2.45) is 0 Å². The molecular weight excluding hydrogens is 332 g/mol. The first-order valence-electron chi connectivity index (χ1n) is 8.80. The number of anilines is 1. The number of hydrogen-bond acceptors (Lipinski definition) is 6. The van der Waals surface area contributed by atoms with Gasteiger partial charge in [0.05, 0.1) is 7.11 Å². The molecule has 1 atom stereocenters. The van der Waals surface area contributed by atoms with E-state index in [0.29, 0.717) is 11.9 Å². The molecular formula is C19H26N4OS. The fourth-order valence-electron chi connectivity index (χ4n) is 3.01. The van der Waals surface area contributed by atoms with Gasteiger partial charge in [-0.2, -0.15) is 4.98 Å². The van der Waals surface area contributed by atoms with Crippen LogP contribution in [0, 0.1) is 0 Å². The number of methoxy groups -OCH3 is 1. The molecule has 0 saturated carbocycles. The maximum Gasteiger partial charge on any atom is 0.228 e. The highest BCUT2D eigenvalue weighted by molar-refractivity contribution is 7.99. The van der Waals surface area contributed by atoms with Crippen LogP contribution in [0.5, 0.6) is 5.88 Å². The number of thioether (sulfide) groups is 1. The largest absolute Gasteiger partial charge is 0.481 e. The van der Waals surface area contributed by atoms with Gasteiger partial charge >= 0.3 is 0 Å². The molecule has 3 rings (SSSR count). The standard InChI is InChI=1S/C19H26N4OS/c1-16(9-15-25-17-6-4-3-5-7-17)22-11-13-23(14-12-22)19-20-10-8-18(21-19)24-2/h3-8,10,16H,9,11-15H2,1-2H3. The van der Waals surface area contributed by atoms with Crippen LogP contribution in [0.3, 0.4) is 0 Å². The monoisotopic (exact) mass is 358 g/mol. The quantitative estimate of drug-likeness (QED) is 0.708. The number of hydrogen-bond donors (Lipinski definition) is 0. The van der Waals surface area contributed by atoms with Gasteiger partial charge in [-0.25, -0.2) is 4.98 Å². The van der Waals surface area contributed by atoms with Crippen molar-refractivity contribution >= 4 is 17.7 Å². The number of aromatic nitrogens is 2. The van der Waals surface area contributed by atoms with Gasteiger partial charge < -0.3 is 9.64 Å². The molecule has 1 saturated heterocycles. The molecule has 1 aliphatic heterocycles. The molecule has 0 aliphatic carbocycles. The van der Waals surface area contributed by atoms with E-state index < -0.39 is 0 Å². The molecule has 2 heterocycles. The van der Waals surface area contributed by atoms with E-state index in [9.17, 15) is 0 Å². The summed E-state index contributed by atoms with van der Waals surface area (Å²) in [4.78, 5) is 15.0. The van der Waals surface area contributed by atoms with E-state index >= 15 is 0 Å². The van der Waals surface area contributed by atoms with E-state index in [2.05, 4.69) is 57.0 Å². The molecule has 25 heavy (non-hydrogen) atoms. The third kappa shape index (κ3) is 5.09. The SMILES string of the molecule is COc1ccnc(N2CCN(C(C)CCSc3ccccc3)CC2)n1. The Hall–Kier alpha value is -1.79. The lowest BCUT2D eigenvalue weighted by Gasteiger charge is -2.38. The average molecular weight is 359 g/mol. The van der Waals surface area contributed by atoms with Crippen molar-refractivity contribution in [3.05, 3.63) is 42.6 Å². The van der Waals surface area contributed by atoms with Gasteiger partial charge in [0, 0.05) is 49.4 Å².